The fourth-order valence-corrected chi connectivity index (χ4v) is 3.84. The molecule has 4 aromatic rings. The highest BCUT2D eigenvalue weighted by molar-refractivity contribution is 6.07. The summed E-state index contributed by atoms with van der Waals surface area (Å²) >= 11 is 0. The number of aromatic nitrogens is 3. The summed E-state index contributed by atoms with van der Waals surface area (Å²) in [5, 5.41) is 8.56. The molecule has 0 unspecified atom stereocenters. The molecule has 0 fully saturated rings. The summed E-state index contributed by atoms with van der Waals surface area (Å²) in [5.41, 5.74) is 7.44. The van der Waals surface area contributed by atoms with Gasteiger partial charge in [0, 0.05) is 17.5 Å². The molecule has 2 aromatic heterocycles. The van der Waals surface area contributed by atoms with Crippen molar-refractivity contribution in [3.63, 3.8) is 0 Å². The summed E-state index contributed by atoms with van der Waals surface area (Å²) < 4.78 is 1.91. The van der Waals surface area contributed by atoms with E-state index < -0.39 is 0 Å². The number of pyridine rings is 1. The molecule has 0 aliphatic rings. The average Bonchev–Trinajstić information content (AvgIpc) is 3.14. The van der Waals surface area contributed by atoms with Crippen LogP contribution in [0.4, 0.5) is 0 Å². The largest absolute Gasteiger partial charge is 0.352 e. The first-order valence-electron chi connectivity index (χ1n) is 11.1. The number of aryl methyl sites for hydroxylation is 2. The summed E-state index contributed by atoms with van der Waals surface area (Å²) in [6.07, 6.45) is 2.78. The molecule has 164 valence electrons. The third kappa shape index (κ3) is 4.42. The van der Waals surface area contributed by atoms with Gasteiger partial charge in [-0.05, 0) is 63.4 Å². The Bertz CT molecular complexity index is 1270. The topological polar surface area (TPSA) is 59.8 Å². The van der Waals surface area contributed by atoms with Crippen LogP contribution in [0.25, 0.3) is 27.8 Å². The molecule has 0 radical (unpaired) electrons. The second-order valence-corrected chi connectivity index (χ2v) is 8.91. The van der Waals surface area contributed by atoms with Gasteiger partial charge < -0.3 is 5.32 Å². The molecule has 0 spiro atoms. The van der Waals surface area contributed by atoms with Crippen LogP contribution in [0, 0.1) is 26.7 Å². The van der Waals surface area contributed by atoms with Crippen LogP contribution in [-0.4, -0.2) is 27.2 Å². The highest BCUT2D eigenvalue weighted by atomic mass is 16.1. The summed E-state index contributed by atoms with van der Waals surface area (Å²) in [4.78, 5) is 18.0. The number of amides is 1. The molecular formula is C27H30N4O. The van der Waals surface area contributed by atoms with Crippen LogP contribution in [-0.2, 0) is 0 Å². The van der Waals surface area contributed by atoms with Gasteiger partial charge in [-0.25, -0.2) is 9.67 Å². The Balaban J connectivity index is 1.78. The molecule has 1 N–H and O–H groups in total. The number of carbonyl (C=O) groups excluding carboxylic acids is 1. The second-order valence-electron chi connectivity index (χ2n) is 8.91. The summed E-state index contributed by atoms with van der Waals surface area (Å²) in [6, 6.07) is 16.2. The number of hydrogen-bond acceptors (Lipinski definition) is 3. The van der Waals surface area contributed by atoms with Crippen LogP contribution in [0.1, 0.15) is 47.4 Å². The predicted molar refractivity (Wildman–Crippen MR) is 130 cm³/mol. The lowest BCUT2D eigenvalue weighted by atomic mass is 10.0. The van der Waals surface area contributed by atoms with Crippen molar-refractivity contribution < 1.29 is 4.79 Å². The van der Waals surface area contributed by atoms with Crippen LogP contribution in [0.15, 0.2) is 54.7 Å². The summed E-state index contributed by atoms with van der Waals surface area (Å²) in [6.45, 7) is 11.1. The highest BCUT2D eigenvalue weighted by Crippen LogP contribution is 2.29. The van der Waals surface area contributed by atoms with Crippen molar-refractivity contribution in [1.82, 2.24) is 20.1 Å². The molecular weight excluding hydrogens is 396 g/mol. The van der Waals surface area contributed by atoms with Gasteiger partial charge in [0.05, 0.1) is 34.4 Å². The minimum atomic E-state index is -0.0616. The van der Waals surface area contributed by atoms with E-state index in [1.807, 2.05) is 49.0 Å². The van der Waals surface area contributed by atoms with Gasteiger partial charge >= 0.3 is 0 Å². The van der Waals surface area contributed by atoms with Crippen molar-refractivity contribution in [1.29, 1.82) is 0 Å². The van der Waals surface area contributed by atoms with Crippen LogP contribution in [0.5, 0.6) is 0 Å². The van der Waals surface area contributed by atoms with Crippen LogP contribution in [0.2, 0.25) is 0 Å². The molecule has 0 saturated carbocycles. The number of carbonyl (C=O) groups is 1. The molecule has 0 aliphatic heterocycles. The van der Waals surface area contributed by atoms with Gasteiger partial charge in [-0.3, -0.25) is 4.79 Å². The first-order chi connectivity index (χ1) is 15.3. The normalized spacial score (nSPS) is 11.3. The molecule has 5 heteroatoms. The van der Waals surface area contributed by atoms with Gasteiger partial charge in [0.2, 0.25) is 0 Å². The minimum Gasteiger partial charge on any atom is -0.352 e. The SMILES string of the molecule is Cc1ccc(-n2ncc(-c3cc(C(=O)NCCC(C)C)c4cc(C)ccc4n3)c2C)cc1. The maximum Gasteiger partial charge on any atom is 0.252 e. The Morgan fingerprint density at radius 3 is 2.44 bits per heavy atom. The number of nitrogens with zero attached hydrogens (tertiary/aromatic N) is 3. The fraction of sp³-hybridized carbons (Fsp3) is 0.296. The number of fused-ring (bicyclic) bond motifs is 1. The molecule has 0 saturated heterocycles. The lowest BCUT2D eigenvalue weighted by Crippen LogP contribution is -2.25. The predicted octanol–water partition coefficient (Wildman–Crippen LogP) is 5.79. The van der Waals surface area contributed by atoms with E-state index in [0.29, 0.717) is 18.0 Å². The monoisotopic (exact) mass is 426 g/mol. The zero-order valence-corrected chi connectivity index (χ0v) is 19.4. The molecule has 2 heterocycles. The Morgan fingerprint density at radius 2 is 1.72 bits per heavy atom. The van der Waals surface area contributed by atoms with E-state index in [9.17, 15) is 4.79 Å². The standard InChI is InChI=1S/C27H30N4O/c1-17(2)12-13-28-27(32)23-15-26(30-25-11-8-19(4)14-22(23)25)24-16-29-31(20(24)5)21-9-6-18(3)7-10-21/h6-11,14-17H,12-13H2,1-5H3,(H,28,32). The maximum atomic E-state index is 13.1. The number of hydrogen-bond donors (Lipinski definition) is 1. The maximum absolute atomic E-state index is 13.1. The lowest BCUT2D eigenvalue weighted by molar-refractivity contribution is 0.0953. The van der Waals surface area contributed by atoms with Crippen molar-refractivity contribution in [2.75, 3.05) is 6.54 Å². The van der Waals surface area contributed by atoms with Crippen LogP contribution in [0.3, 0.4) is 0 Å². The van der Waals surface area contributed by atoms with Gasteiger partial charge in [-0.15, -0.1) is 0 Å². The summed E-state index contributed by atoms with van der Waals surface area (Å²) in [5.74, 6) is 0.478. The van der Waals surface area contributed by atoms with Gasteiger partial charge in [0.25, 0.3) is 5.91 Å². The van der Waals surface area contributed by atoms with Crippen LogP contribution >= 0.6 is 0 Å². The molecule has 1 amide bonds. The van der Waals surface area contributed by atoms with Gasteiger partial charge in [-0.2, -0.15) is 5.10 Å². The van der Waals surface area contributed by atoms with E-state index in [4.69, 9.17) is 4.98 Å². The van der Waals surface area contributed by atoms with Crippen molar-refractivity contribution in [2.24, 2.45) is 5.92 Å². The molecule has 0 aliphatic carbocycles. The average molecular weight is 427 g/mol. The molecule has 32 heavy (non-hydrogen) atoms. The van der Waals surface area contributed by atoms with E-state index in [2.05, 4.69) is 55.5 Å². The van der Waals surface area contributed by atoms with Gasteiger partial charge in [-0.1, -0.05) is 43.2 Å². The number of nitrogens with one attached hydrogen (secondary N) is 1. The third-order valence-electron chi connectivity index (χ3n) is 5.78. The third-order valence-corrected chi connectivity index (χ3v) is 5.78. The van der Waals surface area contributed by atoms with E-state index in [0.717, 1.165) is 45.5 Å². The first kappa shape index (κ1) is 21.8. The van der Waals surface area contributed by atoms with Crippen molar-refractivity contribution in [3.05, 3.63) is 77.1 Å². The molecule has 4 rings (SSSR count). The van der Waals surface area contributed by atoms with Crippen molar-refractivity contribution in [3.8, 4) is 16.9 Å². The first-order valence-corrected chi connectivity index (χ1v) is 11.1. The van der Waals surface area contributed by atoms with E-state index in [1.165, 1.54) is 5.56 Å². The minimum absolute atomic E-state index is 0.0616. The molecule has 5 nitrogen and oxygen atoms in total. The van der Waals surface area contributed by atoms with Gasteiger partial charge in [0.1, 0.15) is 0 Å². The lowest BCUT2D eigenvalue weighted by Gasteiger charge is -2.12. The van der Waals surface area contributed by atoms with Crippen molar-refractivity contribution in [2.45, 2.75) is 41.0 Å². The van der Waals surface area contributed by atoms with E-state index in [-0.39, 0.29) is 5.91 Å². The Labute approximate surface area is 189 Å². The number of rotatable bonds is 6. The zero-order valence-electron chi connectivity index (χ0n) is 19.4. The second kappa shape index (κ2) is 8.95. The van der Waals surface area contributed by atoms with Crippen molar-refractivity contribution >= 4 is 16.8 Å². The molecule has 0 bridgehead atoms. The zero-order chi connectivity index (χ0) is 22.8. The molecule has 0 atom stereocenters. The van der Waals surface area contributed by atoms with E-state index in [1.54, 1.807) is 0 Å². The summed E-state index contributed by atoms with van der Waals surface area (Å²) in [7, 11) is 0. The highest BCUT2D eigenvalue weighted by Gasteiger charge is 2.17. The molecule has 2 aromatic carbocycles. The Kier molecular flexibility index (Phi) is 6.08. The van der Waals surface area contributed by atoms with Gasteiger partial charge in [0.15, 0.2) is 0 Å². The smallest absolute Gasteiger partial charge is 0.252 e. The van der Waals surface area contributed by atoms with Crippen LogP contribution < -0.4 is 5.32 Å². The fourth-order valence-electron chi connectivity index (χ4n) is 3.84. The number of benzene rings is 2. The van der Waals surface area contributed by atoms with E-state index >= 15 is 0 Å². The Hall–Kier alpha value is -3.47. The quantitative estimate of drug-likeness (QED) is 0.425. The Morgan fingerprint density at radius 1 is 1.00 bits per heavy atom.